The van der Waals surface area contributed by atoms with E-state index in [1.165, 1.54) is 6.07 Å². The summed E-state index contributed by atoms with van der Waals surface area (Å²) in [5.41, 5.74) is 9.72. The zero-order chi connectivity index (χ0) is 14.9. The van der Waals surface area contributed by atoms with Gasteiger partial charge in [0, 0.05) is 24.8 Å². The van der Waals surface area contributed by atoms with Crippen molar-refractivity contribution in [3.05, 3.63) is 29.3 Å². The molecule has 0 aromatic heterocycles. The molecule has 0 radical (unpaired) electrons. The van der Waals surface area contributed by atoms with Crippen LogP contribution >= 0.6 is 0 Å². The monoisotopic (exact) mass is 287 g/mol. The Morgan fingerprint density at radius 1 is 1.35 bits per heavy atom. The van der Waals surface area contributed by atoms with Crippen LogP contribution in [0, 0.1) is 0 Å². The number of hydrogen-bond donors (Lipinski definition) is 2. The number of halogens is 3. The second-order valence-corrected chi connectivity index (χ2v) is 4.94. The first kappa shape index (κ1) is 14.6. The molecule has 2 rings (SSSR count). The van der Waals surface area contributed by atoms with Crippen LogP contribution < -0.4 is 16.4 Å². The molecule has 7 heteroatoms. The van der Waals surface area contributed by atoms with Crippen molar-refractivity contribution in [1.82, 2.24) is 0 Å². The van der Waals surface area contributed by atoms with Crippen molar-refractivity contribution < 1.29 is 18.0 Å². The summed E-state index contributed by atoms with van der Waals surface area (Å²) in [5.74, 6) is -1.08. The van der Waals surface area contributed by atoms with E-state index in [1.807, 2.05) is 0 Å². The van der Waals surface area contributed by atoms with Crippen molar-refractivity contribution in [2.45, 2.75) is 25.1 Å². The number of nitrogens with zero attached hydrogens (tertiary/aromatic N) is 1. The highest BCUT2D eigenvalue weighted by Gasteiger charge is 2.35. The van der Waals surface area contributed by atoms with Gasteiger partial charge in [-0.3, -0.25) is 4.79 Å². The highest BCUT2D eigenvalue weighted by molar-refractivity contribution is 5.95. The molecule has 0 aliphatic carbocycles. The van der Waals surface area contributed by atoms with E-state index in [4.69, 9.17) is 11.5 Å². The number of amides is 1. The number of nitrogens with two attached hydrogens (primary N) is 2. The van der Waals surface area contributed by atoms with Gasteiger partial charge in [0.15, 0.2) is 0 Å². The zero-order valence-corrected chi connectivity index (χ0v) is 10.8. The molecule has 1 unspecified atom stereocenters. The van der Waals surface area contributed by atoms with Gasteiger partial charge in [0.2, 0.25) is 5.91 Å². The number of rotatable bonds is 2. The molecule has 0 spiro atoms. The summed E-state index contributed by atoms with van der Waals surface area (Å²) in [4.78, 5) is 12.9. The maximum absolute atomic E-state index is 13.0. The van der Waals surface area contributed by atoms with Gasteiger partial charge in [-0.15, -0.1) is 0 Å². The van der Waals surface area contributed by atoms with Crippen LogP contribution in [0.4, 0.5) is 18.9 Å². The van der Waals surface area contributed by atoms with Crippen molar-refractivity contribution in [2.75, 3.05) is 18.0 Å². The van der Waals surface area contributed by atoms with E-state index in [0.29, 0.717) is 18.8 Å². The maximum atomic E-state index is 13.0. The lowest BCUT2D eigenvalue weighted by Gasteiger charge is -2.33. The van der Waals surface area contributed by atoms with Crippen LogP contribution in [0.3, 0.4) is 0 Å². The molecular formula is C13H16F3N3O. The minimum Gasteiger partial charge on any atom is -0.370 e. The number of benzene rings is 1. The van der Waals surface area contributed by atoms with Crippen LogP contribution in [0.15, 0.2) is 18.2 Å². The summed E-state index contributed by atoms with van der Waals surface area (Å²) >= 11 is 0. The molecule has 0 bridgehead atoms. The van der Waals surface area contributed by atoms with E-state index < -0.39 is 23.2 Å². The Labute approximate surface area is 114 Å². The second-order valence-electron chi connectivity index (χ2n) is 4.94. The summed E-state index contributed by atoms with van der Waals surface area (Å²) in [6.07, 6.45) is -2.92. The Kier molecular flexibility index (Phi) is 3.89. The van der Waals surface area contributed by atoms with Crippen LogP contribution in [0.25, 0.3) is 0 Å². The number of primary amides is 1. The SMILES string of the molecule is NC(=O)c1ccc(N2CCCC(N)C2)cc1C(F)(F)F. The largest absolute Gasteiger partial charge is 0.417 e. The highest BCUT2D eigenvalue weighted by atomic mass is 19.4. The van der Waals surface area contributed by atoms with Gasteiger partial charge in [-0.05, 0) is 31.0 Å². The molecule has 1 fully saturated rings. The third-order valence-electron chi connectivity index (χ3n) is 3.40. The average molecular weight is 287 g/mol. The molecule has 0 saturated carbocycles. The Bertz CT molecular complexity index is 516. The van der Waals surface area contributed by atoms with E-state index in [1.54, 1.807) is 4.90 Å². The molecule has 4 nitrogen and oxygen atoms in total. The Balaban J connectivity index is 2.39. The van der Waals surface area contributed by atoms with Gasteiger partial charge in [-0.2, -0.15) is 13.2 Å². The molecule has 1 aromatic carbocycles. The predicted molar refractivity (Wildman–Crippen MR) is 69.4 cm³/mol. The van der Waals surface area contributed by atoms with Crippen LogP contribution in [0.5, 0.6) is 0 Å². The quantitative estimate of drug-likeness (QED) is 0.870. The lowest BCUT2D eigenvalue weighted by Crippen LogP contribution is -2.43. The molecule has 1 aliphatic rings. The smallest absolute Gasteiger partial charge is 0.370 e. The molecular weight excluding hydrogens is 271 g/mol. The summed E-state index contributed by atoms with van der Waals surface area (Å²) in [6.45, 7) is 1.16. The zero-order valence-electron chi connectivity index (χ0n) is 10.8. The summed E-state index contributed by atoms with van der Waals surface area (Å²) < 4.78 is 38.9. The normalized spacial score (nSPS) is 20.0. The number of carbonyl (C=O) groups is 1. The third kappa shape index (κ3) is 3.04. The topological polar surface area (TPSA) is 72.4 Å². The summed E-state index contributed by atoms with van der Waals surface area (Å²) in [7, 11) is 0. The molecule has 1 heterocycles. The lowest BCUT2D eigenvalue weighted by atomic mass is 10.0. The number of carbonyl (C=O) groups excluding carboxylic acids is 1. The van der Waals surface area contributed by atoms with Crippen molar-refractivity contribution in [3.63, 3.8) is 0 Å². The van der Waals surface area contributed by atoms with E-state index in [2.05, 4.69) is 0 Å². The number of anilines is 1. The van der Waals surface area contributed by atoms with Gasteiger partial charge in [-0.25, -0.2) is 0 Å². The standard InChI is InChI=1S/C13H16F3N3O/c14-13(15,16)11-6-9(3-4-10(11)12(18)20)19-5-1-2-8(17)7-19/h3-4,6,8H,1-2,5,7,17H2,(H2,18,20). The molecule has 1 amide bonds. The van der Waals surface area contributed by atoms with E-state index in [0.717, 1.165) is 25.0 Å². The van der Waals surface area contributed by atoms with Crippen LogP contribution in [-0.2, 0) is 6.18 Å². The average Bonchev–Trinajstić information content (AvgIpc) is 2.37. The maximum Gasteiger partial charge on any atom is 0.417 e. The second kappa shape index (κ2) is 5.32. The number of alkyl halides is 3. The van der Waals surface area contributed by atoms with E-state index in [-0.39, 0.29) is 6.04 Å². The number of hydrogen-bond acceptors (Lipinski definition) is 3. The van der Waals surface area contributed by atoms with Crippen LogP contribution in [0.2, 0.25) is 0 Å². The minimum atomic E-state index is -4.61. The van der Waals surface area contributed by atoms with E-state index in [9.17, 15) is 18.0 Å². The molecule has 4 N–H and O–H groups in total. The van der Waals surface area contributed by atoms with Gasteiger partial charge < -0.3 is 16.4 Å². The van der Waals surface area contributed by atoms with Gasteiger partial charge in [-0.1, -0.05) is 0 Å². The molecule has 110 valence electrons. The first-order chi connectivity index (χ1) is 9.29. The van der Waals surface area contributed by atoms with Gasteiger partial charge in [0.05, 0.1) is 11.1 Å². The summed E-state index contributed by atoms with van der Waals surface area (Å²) in [6, 6.07) is 3.53. The third-order valence-corrected chi connectivity index (χ3v) is 3.40. The van der Waals surface area contributed by atoms with Crippen LogP contribution in [-0.4, -0.2) is 25.0 Å². The Morgan fingerprint density at radius 2 is 2.05 bits per heavy atom. The van der Waals surface area contributed by atoms with Crippen molar-refractivity contribution >= 4 is 11.6 Å². The van der Waals surface area contributed by atoms with Crippen molar-refractivity contribution in [3.8, 4) is 0 Å². The minimum absolute atomic E-state index is 0.0473. The van der Waals surface area contributed by atoms with Gasteiger partial charge >= 0.3 is 6.18 Å². The molecule has 20 heavy (non-hydrogen) atoms. The van der Waals surface area contributed by atoms with Gasteiger partial charge in [0.25, 0.3) is 0 Å². The number of piperidine rings is 1. The van der Waals surface area contributed by atoms with Gasteiger partial charge in [0.1, 0.15) is 0 Å². The van der Waals surface area contributed by atoms with E-state index >= 15 is 0 Å². The fraction of sp³-hybridized carbons (Fsp3) is 0.462. The van der Waals surface area contributed by atoms with Crippen LogP contribution in [0.1, 0.15) is 28.8 Å². The highest BCUT2D eigenvalue weighted by Crippen LogP contribution is 2.35. The fourth-order valence-electron chi connectivity index (χ4n) is 2.42. The Morgan fingerprint density at radius 3 is 2.60 bits per heavy atom. The van der Waals surface area contributed by atoms with Crippen molar-refractivity contribution in [1.29, 1.82) is 0 Å². The Hall–Kier alpha value is -1.76. The lowest BCUT2D eigenvalue weighted by molar-refractivity contribution is -0.137. The molecule has 1 saturated heterocycles. The van der Waals surface area contributed by atoms with Crippen molar-refractivity contribution in [2.24, 2.45) is 11.5 Å². The first-order valence-electron chi connectivity index (χ1n) is 6.30. The molecule has 1 aliphatic heterocycles. The molecule has 1 atom stereocenters. The predicted octanol–water partition coefficient (Wildman–Crippen LogP) is 1.73. The molecule has 1 aromatic rings. The summed E-state index contributed by atoms with van der Waals surface area (Å²) in [5, 5.41) is 0. The fourth-order valence-corrected chi connectivity index (χ4v) is 2.42. The first-order valence-corrected chi connectivity index (χ1v) is 6.30.